The Balaban J connectivity index is 1.95. The molecule has 0 aliphatic rings. The normalized spacial score (nSPS) is 11.7. The van der Waals surface area contributed by atoms with Gasteiger partial charge in [-0.3, -0.25) is 4.79 Å². The van der Waals surface area contributed by atoms with Gasteiger partial charge in [0.1, 0.15) is 11.5 Å². The molecule has 0 aromatic heterocycles. The molecule has 5 heteroatoms. The standard InChI is InChI=1S/C20H24ClNO3/c1-4-19(25-17-9-10-18(21)14(3)11-17)20(23)22-13-15-7-6-8-16(12-15)24-5-2/h6-12,19H,4-5,13H2,1-3H3,(H,22,23)/t19-/m0/s1. The molecule has 0 fully saturated rings. The van der Waals surface area contributed by atoms with Crippen molar-refractivity contribution < 1.29 is 14.3 Å². The van der Waals surface area contributed by atoms with Gasteiger partial charge in [-0.2, -0.15) is 0 Å². The average Bonchev–Trinajstić information content (AvgIpc) is 2.61. The van der Waals surface area contributed by atoms with E-state index in [2.05, 4.69) is 5.32 Å². The maximum atomic E-state index is 12.4. The third-order valence-electron chi connectivity index (χ3n) is 3.75. The Bertz CT molecular complexity index is 718. The Hall–Kier alpha value is -2.20. The molecule has 0 spiro atoms. The van der Waals surface area contributed by atoms with E-state index in [0.717, 1.165) is 16.9 Å². The Labute approximate surface area is 154 Å². The molecule has 25 heavy (non-hydrogen) atoms. The molecular weight excluding hydrogens is 338 g/mol. The fraction of sp³-hybridized carbons (Fsp3) is 0.350. The molecule has 0 saturated heterocycles. The van der Waals surface area contributed by atoms with Crippen molar-refractivity contribution in [1.82, 2.24) is 5.32 Å². The van der Waals surface area contributed by atoms with Crippen molar-refractivity contribution in [1.29, 1.82) is 0 Å². The third kappa shape index (κ3) is 5.68. The predicted octanol–water partition coefficient (Wildman–Crippen LogP) is 4.52. The van der Waals surface area contributed by atoms with Gasteiger partial charge in [0.2, 0.25) is 0 Å². The van der Waals surface area contributed by atoms with Crippen LogP contribution in [-0.4, -0.2) is 18.6 Å². The lowest BCUT2D eigenvalue weighted by Crippen LogP contribution is -2.37. The number of amides is 1. The zero-order valence-corrected chi connectivity index (χ0v) is 15.6. The van der Waals surface area contributed by atoms with E-state index in [9.17, 15) is 4.79 Å². The van der Waals surface area contributed by atoms with Crippen LogP contribution in [0.3, 0.4) is 0 Å². The summed E-state index contributed by atoms with van der Waals surface area (Å²) >= 11 is 6.02. The second-order valence-corrected chi connectivity index (χ2v) is 6.13. The molecule has 4 nitrogen and oxygen atoms in total. The van der Waals surface area contributed by atoms with Crippen molar-refractivity contribution in [3.8, 4) is 11.5 Å². The highest BCUT2D eigenvalue weighted by atomic mass is 35.5. The van der Waals surface area contributed by atoms with Gasteiger partial charge >= 0.3 is 0 Å². The number of hydrogen-bond acceptors (Lipinski definition) is 3. The van der Waals surface area contributed by atoms with E-state index < -0.39 is 6.10 Å². The van der Waals surface area contributed by atoms with E-state index in [4.69, 9.17) is 21.1 Å². The zero-order valence-electron chi connectivity index (χ0n) is 14.8. The van der Waals surface area contributed by atoms with Gasteiger partial charge in [-0.15, -0.1) is 0 Å². The van der Waals surface area contributed by atoms with Gasteiger partial charge in [-0.25, -0.2) is 0 Å². The number of benzene rings is 2. The molecule has 0 radical (unpaired) electrons. The monoisotopic (exact) mass is 361 g/mol. The van der Waals surface area contributed by atoms with Gasteiger partial charge < -0.3 is 14.8 Å². The molecule has 1 atom stereocenters. The second-order valence-electron chi connectivity index (χ2n) is 5.72. The minimum atomic E-state index is -0.546. The van der Waals surface area contributed by atoms with Crippen LogP contribution in [0.2, 0.25) is 5.02 Å². The lowest BCUT2D eigenvalue weighted by molar-refractivity contribution is -0.128. The highest BCUT2D eigenvalue weighted by molar-refractivity contribution is 6.31. The van der Waals surface area contributed by atoms with Gasteiger partial charge in [-0.05, 0) is 61.7 Å². The molecule has 1 N–H and O–H groups in total. The Morgan fingerprint density at radius 2 is 1.96 bits per heavy atom. The summed E-state index contributed by atoms with van der Waals surface area (Å²) in [6.07, 6.45) is 0.0302. The van der Waals surface area contributed by atoms with Crippen LogP contribution in [-0.2, 0) is 11.3 Å². The van der Waals surface area contributed by atoms with Crippen LogP contribution in [0, 0.1) is 6.92 Å². The van der Waals surface area contributed by atoms with E-state index in [-0.39, 0.29) is 5.91 Å². The highest BCUT2D eigenvalue weighted by Gasteiger charge is 2.18. The topological polar surface area (TPSA) is 47.6 Å². The second kappa shape index (κ2) is 9.33. The van der Waals surface area contributed by atoms with Gasteiger partial charge in [0.15, 0.2) is 6.10 Å². The SMILES string of the molecule is CCOc1cccc(CNC(=O)[C@H](CC)Oc2ccc(Cl)c(C)c2)c1. The van der Waals surface area contributed by atoms with E-state index in [0.29, 0.717) is 30.3 Å². The first-order valence-electron chi connectivity index (χ1n) is 8.45. The molecular formula is C20H24ClNO3. The fourth-order valence-electron chi connectivity index (χ4n) is 2.39. The van der Waals surface area contributed by atoms with Crippen LogP contribution in [0.4, 0.5) is 0 Å². The maximum Gasteiger partial charge on any atom is 0.261 e. The van der Waals surface area contributed by atoms with Crippen molar-refractivity contribution in [2.24, 2.45) is 0 Å². The lowest BCUT2D eigenvalue weighted by atomic mass is 10.2. The van der Waals surface area contributed by atoms with Crippen molar-refractivity contribution in [3.05, 3.63) is 58.6 Å². The molecule has 0 saturated carbocycles. The number of hydrogen-bond donors (Lipinski definition) is 1. The molecule has 2 rings (SSSR count). The van der Waals surface area contributed by atoms with Crippen LogP contribution in [0.5, 0.6) is 11.5 Å². The van der Waals surface area contributed by atoms with E-state index in [1.54, 1.807) is 12.1 Å². The van der Waals surface area contributed by atoms with Crippen LogP contribution in [0.25, 0.3) is 0 Å². The van der Waals surface area contributed by atoms with Crippen molar-refractivity contribution in [2.45, 2.75) is 39.8 Å². The quantitative estimate of drug-likeness (QED) is 0.751. The zero-order chi connectivity index (χ0) is 18.2. The van der Waals surface area contributed by atoms with Crippen LogP contribution >= 0.6 is 11.6 Å². The van der Waals surface area contributed by atoms with Gasteiger partial charge in [0.25, 0.3) is 5.91 Å². The van der Waals surface area contributed by atoms with Gasteiger partial charge in [0, 0.05) is 11.6 Å². The van der Waals surface area contributed by atoms with Crippen LogP contribution in [0.15, 0.2) is 42.5 Å². The first kappa shape index (κ1) is 19.1. The molecule has 0 bridgehead atoms. The molecule has 2 aromatic rings. The van der Waals surface area contributed by atoms with E-state index in [1.165, 1.54) is 0 Å². The Morgan fingerprint density at radius 1 is 1.16 bits per heavy atom. The first-order valence-corrected chi connectivity index (χ1v) is 8.83. The van der Waals surface area contributed by atoms with Crippen molar-refractivity contribution in [2.75, 3.05) is 6.61 Å². The Kier molecular flexibility index (Phi) is 7.14. The minimum Gasteiger partial charge on any atom is -0.494 e. The molecule has 0 aliphatic carbocycles. The number of carbonyl (C=O) groups excluding carboxylic acids is 1. The Morgan fingerprint density at radius 3 is 2.64 bits per heavy atom. The number of nitrogens with one attached hydrogen (secondary N) is 1. The smallest absolute Gasteiger partial charge is 0.261 e. The summed E-state index contributed by atoms with van der Waals surface area (Å²) in [6, 6.07) is 13.1. The van der Waals surface area contributed by atoms with Gasteiger partial charge in [0.05, 0.1) is 6.61 Å². The van der Waals surface area contributed by atoms with E-state index in [1.807, 2.05) is 51.1 Å². The fourth-order valence-corrected chi connectivity index (χ4v) is 2.51. The van der Waals surface area contributed by atoms with Crippen LogP contribution < -0.4 is 14.8 Å². The highest BCUT2D eigenvalue weighted by Crippen LogP contribution is 2.22. The molecule has 134 valence electrons. The minimum absolute atomic E-state index is 0.142. The molecule has 0 unspecified atom stereocenters. The number of carbonyl (C=O) groups is 1. The molecule has 0 heterocycles. The molecule has 1 amide bonds. The number of halogens is 1. The van der Waals surface area contributed by atoms with Gasteiger partial charge in [-0.1, -0.05) is 30.7 Å². The summed E-state index contributed by atoms with van der Waals surface area (Å²) in [5, 5.41) is 3.60. The van der Waals surface area contributed by atoms with Crippen LogP contribution in [0.1, 0.15) is 31.4 Å². The summed E-state index contributed by atoms with van der Waals surface area (Å²) < 4.78 is 11.3. The average molecular weight is 362 g/mol. The number of rotatable bonds is 8. The molecule has 0 aliphatic heterocycles. The number of ether oxygens (including phenoxy) is 2. The number of aryl methyl sites for hydroxylation is 1. The largest absolute Gasteiger partial charge is 0.494 e. The lowest BCUT2D eigenvalue weighted by Gasteiger charge is -2.18. The summed E-state index contributed by atoms with van der Waals surface area (Å²) in [5.74, 6) is 1.30. The summed E-state index contributed by atoms with van der Waals surface area (Å²) in [5.41, 5.74) is 1.90. The van der Waals surface area contributed by atoms with Crippen molar-refractivity contribution >= 4 is 17.5 Å². The van der Waals surface area contributed by atoms with Crippen molar-refractivity contribution in [3.63, 3.8) is 0 Å². The third-order valence-corrected chi connectivity index (χ3v) is 4.17. The molecule has 2 aromatic carbocycles. The summed E-state index contributed by atoms with van der Waals surface area (Å²) in [4.78, 5) is 12.4. The predicted molar refractivity (Wildman–Crippen MR) is 100 cm³/mol. The maximum absolute atomic E-state index is 12.4. The summed E-state index contributed by atoms with van der Waals surface area (Å²) in [6.45, 7) is 6.81. The summed E-state index contributed by atoms with van der Waals surface area (Å²) in [7, 11) is 0. The van der Waals surface area contributed by atoms with E-state index >= 15 is 0 Å². The first-order chi connectivity index (χ1) is 12.0.